The van der Waals surface area contributed by atoms with Crippen LogP contribution >= 0.6 is 0 Å². The van der Waals surface area contributed by atoms with Crippen molar-refractivity contribution in [3.8, 4) is 0 Å². The zero-order valence-corrected chi connectivity index (χ0v) is 10.7. The minimum atomic E-state index is 1.02. The lowest BCUT2D eigenvalue weighted by Crippen LogP contribution is -2.01. The lowest BCUT2D eigenvalue weighted by molar-refractivity contribution is 0.864. The van der Waals surface area contributed by atoms with E-state index in [1.165, 1.54) is 22.2 Å². The highest BCUT2D eigenvalue weighted by atomic mass is 14.7. The summed E-state index contributed by atoms with van der Waals surface area (Å²) in [6.07, 6.45) is 5.18. The summed E-state index contributed by atoms with van der Waals surface area (Å²) in [7, 11) is 0. The molecular weight excluding hydrogens is 206 g/mol. The molecule has 0 aliphatic heterocycles. The Hall–Kier alpha value is -1.63. The third-order valence-electron chi connectivity index (χ3n) is 3.17. The van der Waals surface area contributed by atoms with Gasteiger partial charge in [0.2, 0.25) is 0 Å². The number of fused-ring (bicyclic) bond motifs is 1. The van der Waals surface area contributed by atoms with Crippen molar-refractivity contribution < 1.29 is 0 Å². The SMILES string of the molecule is C=Cc1c(CC)c(CCC)nc2ccccc12. The van der Waals surface area contributed by atoms with E-state index in [4.69, 9.17) is 4.98 Å². The van der Waals surface area contributed by atoms with Crippen LogP contribution in [0.2, 0.25) is 0 Å². The standard InChI is InChI=1S/C16H19N/c1-4-9-15-13(6-3)12(5-2)14-10-7-8-11-16(14)17-15/h5,7-8,10-11H,2,4,6,9H2,1,3H3. The van der Waals surface area contributed by atoms with Gasteiger partial charge in [0.25, 0.3) is 0 Å². The fourth-order valence-corrected chi connectivity index (χ4v) is 2.40. The average molecular weight is 225 g/mol. The number of benzene rings is 1. The first-order valence-electron chi connectivity index (χ1n) is 6.34. The van der Waals surface area contributed by atoms with Crippen molar-refractivity contribution in [1.29, 1.82) is 0 Å². The Balaban J connectivity index is 2.78. The molecule has 0 saturated carbocycles. The number of nitrogens with zero attached hydrogens (tertiary/aromatic N) is 1. The molecule has 1 aromatic heterocycles. The topological polar surface area (TPSA) is 12.9 Å². The van der Waals surface area contributed by atoms with E-state index in [9.17, 15) is 0 Å². The fraction of sp³-hybridized carbons (Fsp3) is 0.312. The first-order chi connectivity index (χ1) is 8.31. The number of rotatable bonds is 4. The zero-order chi connectivity index (χ0) is 12.3. The second-order valence-electron chi connectivity index (χ2n) is 4.28. The van der Waals surface area contributed by atoms with E-state index in [1.54, 1.807) is 0 Å². The van der Waals surface area contributed by atoms with E-state index >= 15 is 0 Å². The van der Waals surface area contributed by atoms with Gasteiger partial charge in [-0.3, -0.25) is 4.98 Å². The smallest absolute Gasteiger partial charge is 0.0711 e. The number of pyridine rings is 1. The van der Waals surface area contributed by atoms with E-state index in [2.05, 4.69) is 38.6 Å². The Morgan fingerprint density at radius 1 is 1.24 bits per heavy atom. The Kier molecular flexibility index (Phi) is 3.58. The van der Waals surface area contributed by atoms with Crippen LogP contribution in [0.15, 0.2) is 30.8 Å². The largest absolute Gasteiger partial charge is 0.253 e. The third kappa shape index (κ3) is 2.10. The summed E-state index contributed by atoms with van der Waals surface area (Å²) in [5, 5.41) is 1.22. The highest BCUT2D eigenvalue weighted by molar-refractivity contribution is 5.89. The van der Waals surface area contributed by atoms with Gasteiger partial charge < -0.3 is 0 Å². The van der Waals surface area contributed by atoms with Gasteiger partial charge in [0.15, 0.2) is 0 Å². The first kappa shape index (κ1) is 11.8. The van der Waals surface area contributed by atoms with Gasteiger partial charge in [-0.1, -0.05) is 51.1 Å². The van der Waals surface area contributed by atoms with Crippen molar-refractivity contribution in [3.63, 3.8) is 0 Å². The van der Waals surface area contributed by atoms with Gasteiger partial charge in [-0.15, -0.1) is 0 Å². The highest BCUT2D eigenvalue weighted by Crippen LogP contribution is 2.25. The molecule has 0 atom stereocenters. The molecule has 0 aliphatic carbocycles. The zero-order valence-electron chi connectivity index (χ0n) is 10.7. The molecule has 0 bridgehead atoms. The second-order valence-corrected chi connectivity index (χ2v) is 4.28. The summed E-state index contributed by atoms with van der Waals surface area (Å²) in [4.78, 5) is 4.80. The van der Waals surface area contributed by atoms with Gasteiger partial charge in [0.05, 0.1) is 5.52 Å². The van der Waals surface area contributed by atoms with Crippen LogP contribution in [0.4, 0.5) is 0 Å². The molecule has 0 unspecified atom stereocenters. The molecule has 1 nitrogen and oxygen atoms in total. The van der Waals surface area contributed by atoms with Gasteiger partial charge in [0, 0.05) is 11.1 Å². The van der Waals surface area contributed by atoms with Crippen molar-refractivity contribution in [3.05, 3.63) is 47.7 Å². The Labute approximate surface area is 103 Å². The van der Waals surface area contributed by atoms with Gasteiger partial charge in [-0.05, 0) is 30.0 Å². The molecule has 0 N–H and O–H groups in total. The normalized spacial score (nSPS) is 10.7. The van der Waals surface area contributed by atoms with E-state index in [-0.39, 0.29) is 0 Å². The van der Waals surface area contributed by atoms with E-state index < -0.39 is 0 Å². The molecule has 88 valence electrons. The van der Waals surface area contributed by atoms with Gasteiger partial charge >= 0.3 is 0 Å². The maximum atomic E-state index is 4.80. The lowest BCUT2D eigenvalue weighted by atomic mass is 9.97. The molecule has 0 saturated heterocycles. The monoisotopic (exact) mass is 225 g/mol. The van der Waals surface area contributed by atoms with Crippen molar-refractivity contribution >= 4 is 17.0 Å². The number of para-hydroxylation sites is 1. The highest BCUT2D eigenvalue weighted by Gasteiger charge is 2.10. The second kappa shape index (κ2) is 5.13. The molecule has 0 spiro atoms. The molecule has 0 fully saturated rings. The number of hydrogen-bond acceptors (Lipinski definition) is 1. The summed E-state index contributed by atoms with van der Waals surface area (Å²) in [5.41, 5.74) is 4.95. The molecule has 1 heterocycles. The summed E-state index contributed by atoms with van der Waals surface area (Å²) in [6, 6.07) is 8.33. The molecule has 1 aromatic carbocycles. The van der Waals surface area contributed by atoms with Crippen molar-refractivity contribution in [2.45, 2.75) is 33.1 Å². The molecular formula is C16H19N. The molecule has 17 heavy (non-hydrogen) atoms. The Bertz CT molecular complexity index is 540. The minimum Gasteiger partial charge on any atom is -0.253 e. The molecule has 0 aliphatic rings. The summed E-state index contributed by atoms with van der Waals surface area (Å²) in [6.45, 7) is 8.35. The van der Waals surface area contributed by atoms with Gasteiger partial charge in [-0.2, -0.15) is 0 Å². The predicted molar refractivity (Wildman–Crippen MR) is 75.2 cm³/mol. The first-order valence-corrected chi connectivity index (χ1v) is 6.34. The Morgan fingerprint density at radius 2 is 2.00 bits per heavy atom. The van der Waals surface area contributed by atoms with Crippen LogP contribution in [-0.2, 0) is 12.8 Å². The maximum absolute atomic E-state index is 4.80. The Morgan fingerprint density at radius 3 is 2.65 bits per heavy atom. The van der Waals surface area contributed by atoms with Crippen molar-refractivity contribution in [1.82, 2.24) is 4.98 Å². The minimum absolute atomic E-state index is 1.02. The van der Waals surface area contributed by atoms with Crippen LogP contribution in [0.25, 0.3) is 17.0 Å². The number of hydrogen-bond donors (Lipinski definition) is 0. The average Bonchev–Trinajstić information content (AvgIpc) is 2.37. The predicted octanol–water partition coefficient (Wildman–Crippen LogP) is 4.39. The van der Waals surface area contributed by atoms with E-state index in [0.29, 0.717) is 0 Å². The number of aryl methyl sites for hydroxylation is 1. The van der Waals surface area contributed by atoms with Crippen LogP contribution in [0.1, 0.15) is 37.1 Å². The number of aromatic nitrogens is 1. The maximum Gasteiger partial charge on any atom is 0.0711 e. The molecule has 2 aromatic rings. The van der Waals surface area contributed by atoms with Gasteiger partial charge in [-0.25, -0.2) is 0 Å². The fourth-order valence-electron chi connectivity index (χ4n) is 2.40. The van der Waals surface area contributed by atoms with Crippen LogP contribution in [0.3, 0.4) is 0 Å². The molecule has 0 amide bonds. The van der Waals surface area contributed by atoms with Crippen LogP contribution in [0.5, 0.6) is 0 Å². The lowest BCUT2D eigenvalue weighted by Gasteiger charge is -2.13. The van der Waals surface area contributed by atoms with Crippen molar-refractivity contribution in [2.75, 3.05) is 0 Å². The molecule has 1 heteroatoms. The summed E-state index contributed by atoms with van der Waals surface area (Å²) >= 11 is 0. The quantitative estimate of drug-likeness (QED) is 0.752. The van der Waals surface area contributed by atoms with Crippen LogP contribution < -0.4 is 0 Å². The molecule has 2 rings (SSSR count). The van der Waals surface area contributed by atoms with E-state index in [0.717, 1.165) is 24.8 Å². The summed E-state index contributed by atoms with van der Waals surface area (Å²) in [5.74, 6) is 0. The summed E-state index contributed by atoms with van der Waals surface area (Å²) < 4.78 is 0. The molecule has 0 radical (unpaired) electrons. The van der Waals surface area contributed by atoms with E-state index in [1.807, 2.05) is 12.1 Å². The van der Waals surface area contributed by atoms with Gasteiger partial charge in [0.1, 0.15) is 0 Å². The van der Waals surface area contributed by atoms with Crippen LogP contribution in [0, 0.1) is 0 Å². The third-order valence-corrected chi connectivity index (χ3v) is 3.17. The van der Waals surface area contributed by atoms with Crippen LogP contribution in [-0.4, -0.2) is 4.98 Å². The van der Waals surface area contributed by atoms with Crippen molar-refractivity contribution in [2.24, 2.45) is 0 Å².